The van der Waals surface area contributed by atoms with Gasteiger partial charge in [0.1, 0.15) is 5.01 Å². The van der Waals surface area contributed by atoms with Crippen LogP contribution in [0.25, 0.3) is 5.57 Å². The van der Waals surface area contributed by atoms with E-state index in [4.69, 9.17) is 4.98 Å². The van der Waals surface area contributed by atoms with Crippen LogP contribution in [0.1, 0.15) is 47.9 Å². The molecule has 4 nitrogen and oxygen atoms in total. The van der Waals surface area contributed by atoms with Crippen molar-refractivity contribution in [3.8, 4) is 0 Å². The Kier molecular flexibility index (Phi) is 3.84. The monoisotopic (exact) mass is 300 g/mol. The lowest BCUT2D eigenvalue weighted by molar-refractivity contribution is -0.384. The number of hydrogen-bond donors (Lipinski definition) is 0. The van der Waals surface area contributed by atoms with E-state index < -0.39 is 0 Å². The average molecular weight is 300 g/mol. The topological polar surface area (TPSA) is 56.0 Å². The molecule has 0 radical (unpaired) electrons. The zero-order valence-electron chi connectivity index (χ0n) is 11.6. The van der Waals surface area contributed by atoms with Crippen molar-refractivity contribution in [2.45, 2.75) is 31.6 Å². The molecule has 1 aliphatic rings. The van der Waals surface area contributed by atoms with Crippen LogP contribution in [0.3, 0.4) is 0 Å². The van der Waals surface area contributed by atoms with Crippen molar-refractivity contribution >= 4 is 22.6 Å². The van der Waals surface area contributed by atoms with Crippen LogP contribution >= 0.6 is 11.3 Å². The molecule has 3 rings (SSSR count). The molecule has 0 atom stereocenters. The molecule has 1 aromatic carbocycles. The van der Waals surface area contributed by atoms with Crippen molar-refractivity contribution < 1.29 is 4.92 Å². The number of thiazole rings is 1. The molecule has 1 fully saturated rings. The molecular formula is C16H16N2O2S. The molecule has 0 saturated heterocycles. The Hall–Kier alpha value is -2.01. The van der Waals surface area contributed by atoms with E-state index in [9.17, 15) is 10.1 Å². The predicted octanol–water partition coefficient (Wildman–Crippen LogP) is 4.77. The molecule has 0 aliphatic heterocycles. The second-order valence-electron chi connectivity index (χ2n) is 5.34. The van der Waals surface area contributed by atoms with E-state index >= 15 is 0 Å². The minimum atomic E-state index is -0.386. The molecule has 0 spiro atoms. The van der Waals surface area contributed by atoms with E-state index in [1.807, 2.05) is 6.07 Å². The maximum Gasteiger partial charge on any atom is 0.270 e. The van der Waals surface area contributed by atoms with Crippen LogP contribution in [0, 0.1) is 10.1 Å². The minimum absolute atomic E-state index is 0.0845. The highest BCUT2D eigenvalue weighted by molar-refractivity contribution is 7.10. The Morgan fingerprint density at radius 2 is 2.14 bits per heavy atom. The van der Waals surface area contributed by atoms with Crippen molar-refractivity contribution in [1.82, 2.24) is 4.98 Å². The Labute approximate surface area is 127 Å². The van der Waals surface area contributed by atoms with Crippen molar-refractivity contribution in [1.29, 1.82) is 0 Å². The summed E-state index contributed by atoms with van der Waals surface area (Å²) in [6.07, 6.45) is 4.99. The molecule has 1 saturated carbocycles. The van der Waals surface area contributed by atoms with Gasteiger partial charge in [0.25, 0.3) is 5.69 Å². The number of nitro groups is 1. The zero-order valence-corrected chi connectivity index (χ0v) is 12.4. The first kappa shape index (κ1) is 13.9. The fourth-order valence-corrected chi connectivity index (χ4v) is 3.66. The van der Waals surface area contributed by atoms with Crippen LogP contribution in [0.15, 0.2) is 36.2 Å². The second kappa shape index (κ2) is 5.77. The van der Waals surface area contributed by atoms with Gasteiger partial charge < -0.3 is 0 Å². The standard InChI is InChI=1S/C16H16N2O2S/c1-11(13-7-4-8-14(9-13)18(19)20)16-17-15(10-21-16)12-5-2-3-6-12/h4,7-10,12H,1-3,5-6H2. The normalized spacial score (nSPS) is 15.2. The van der Waals surface area contributed by atoms with Crippen LogP contribution in [-0.4, -0.2) is 9.91 Å². The Morgan fingerprint density at radius 3 is 2.86 bits per heavy atom. The summed E-state index contributed by atoms with van der Waals surface area (Å²) in [5.41, 5.74) is 2.75. The maximum absolute atomic E-state index is 10.9. The van der Waals surface area contributed by atoms with Crippen LogP contribution in [-0.2, 0) is 0 Å². The lowest BCUT2D eigenvalue weighted by atomic mass is 10.1. The summed E-state index contributed by atoms with van der Waals surface area (Å²) in [5.74, 6) is 0.577. The SMILES string of the molecule is C=C(c1cccc([N+](=O)[O-])c1)c1nc(C2CCCC2)cs1. The Morgan fingerprint density at radius 1 is 1.38 bits per heavy atom. The molecule has 1 aliphatic carbocycles. The molecular weight excluding hydrogens is 284 g/mol. The molecule has 1 heterocycles. The van der Waals surface area contributed by atoms with Crippen molar-refractivity contribution in [2.75, 3.05) is 0 Å². The van der Waals surface area contributed by atoms with Gasteiger partial charge in [-0.05, 0) is 18.4 Å². The first-order valence-electron chi connectivity index (χ1n) is 7.04. The van der Waals surface area contributed by atoms with Gasteiger partial charge in [0.15, 0.2) is 0 Å². The Bertz CT molecular complexity index is 687. The third-order valence-electron chi connectivity index (χ3n) is 3.96. The third-order valence-corrected chi connectivity index (χ3v) is 4.88. The molecule has 21 heavy (non-hydrogen) atoms. The lowest BCUT2D eigenvalue weighted by Gasteiger charge is -2.04. The van der Waals surface area contributed by atoms with E-state index in [-0.39, 0.29) is 10.6 Å². The van der Waals surface area contributed by atoms with E-state index in [0.29, 0.717) is 5.92 Å². The van der Waals surface area contributed by atoms with Crippen LogP contribution in [0.2, 0.25) is 0 Å². The quantitative estimate of drug-likeness (QED) is 0.603. The summed E-state index contributed by atoms with van der Waals surface area (Å²) in [7, 11) is 0. The molecule has 0 N–H and O–H groups in total. The highest BCUT2D eigenvalue weighted by Crippen LogP contribution is 2.36. The molecule has 2 aromatic rings. The molecule has 0 bridgehead atoms. The van der Waals surface area contributed by atoms with Gasteiger partial charge in [-0.15, -0.1) is 11.3 Å². The summed E-state index contributed by atoms with van der Waals surface area (Å²) in [4.78, 5) is 15.2. The van der Waals surface area contributed by atoms with E-state index in [0.717, 1.165) is 21.8 Å². The maximum atomic E-state index is 10.9. The molecule has 0 unspecified atom stereocenters. The number of aromatic nitrogens is 1. The molecule has 108 valence electrons. The Balaban J connectivity index is 1.84. The molecule has 5 heteroatoms. The first-order valence-corrected chi connectivity index (χ1v) is 7.92. The number of benzene rings is 1. The zero-order chi connectivity index (χ0) is 14.8. The molecule has 1 aromatic heterocycles. The summed E-state index contributed by atoms with van der Waals surface area (Å²) in [5, 5.41) is 13.8. The minimum Gasteiger partial charge on any atom is -0.258 e. The van der Waals surface area contributed by atoms with Gasteiger partial charge in [-0.3, -0.25) is 10.1 Å². The number of nitro benzene ring substituents is 1. The number of nitrogens with zero attached hydrogens (tertiary/aromatic N) is 2. The van der Waals surface area contributed by atoms with Gasteiger partial charge >= 0.3 is 0 Å². The van der Waals surface area contributed by atoms with E-state index in [1.54, 1.807) is 23.5 Å². The largest absolute Gasteiger partial charge is 0.270 e. The number of non-ortho nitro benzene ring substituents is 1. The highest BCUT2D eigenvalue weighted by Gasteiger charge is 2.20. The number of hydrogen-bond acceptors (Lipinski definition) is 4. The predicted molar refractivity (Wildman–Crippen MR) is 84.6 cm³/mol. The van der Waals surface area contributed by atoms with Crippen molar-refractivity contribution in [3.63, 3.8) is 0 Å². The summed E-state index contributed by atoms with van der Waals surface area (Å²) >= 11 is 1.57. The second-order valence-corrected chi connectivity index (χ2v) is 6.20. The summed E-state index contributed by atoms with van der Waals surface area (Å²) in [6, 6.07) is 6.57. The van der Waals surface area contributed by atoms with Gasteiger partial charge in [-0.1, -0.05) is 31.6 Å². The summed E-state index contributed by atoms with van der Waals surface area (Å²) < 4.78 is 0. The van der Waals surface area contributed by atoms with Gasteiger partial charge in [0.05, 0.1) is 10.6 Å². The van der Waals surface area contributed by atoms with Crippen LogP contribution in [0.5, 0.6) is 0 Å². The highest BCUT2D eigenvalue weighted by atomic mass is 32.1. The third kappa shape index (κ3) is 2.88. The fraction of sp³-hybridized carbons (Fsp3) is 0.312. The summed E-state index contributed by atoms with van der Waals surface area (Å²) in [6.45, 7) is 4.06. The lowest BCUT2D eigenvalue weighted by Crippen LogP contribution is -1.94. The van der Waals surface area contributed by atoms with Crippen LogP contribution < -0.4 is 0 Å². The fourth-order valence-electron chi connectivity index (χ4n) is 2.76. The van der Waals surface area contributed by atoms with Gasteiger partial charge in [0.2, 0.25) is 0 Å². The van der Waals surface area contributed by atoms with Gasteiger partial charge in [-0.2, -0.15) is 0 Å². The van der Waals surface area contributed by atoms with Gasteiger partial charge in [-0.25, -0.2) is 4.98 Å². The van der Waals surface area contributed by atoms with Gasteiger partial charge in [0, 0.05) is 29.0 Å². The first-order chi connectivity index (χ1) is 10.1. The van der Waals surface area contributed by atoms with Crippen LogP contribution in [0.4, 0.5) is 5.69 Å². The molecule has 0 amide bonds. The van der Waals surface area contributed by atoms with E-state index in [2.05, 4.69) is 12.0 Å². The van der Waals surface area contributed by atoms with Crippen molar-refractivity contribution in [3.05, 3.63) is 62.6 Å². The van der Waals surface area contributed by atoms with E-state index in [1.165, 1.54) is 31.7 Å². The number of rotatable bonds is 4. The average Bonchev–Trinajstić information content (AvgIpc) is 3.17. The smallest absolute Gasteiger partial charge is 0.258 e. The van der Waals surface area contributed by atoms with Crippen molar-refractivity contribution in [2.24, 2.45) is 0 Å².